The lowest BCUT2D eigenvalue weighted by Crippen LogP contribution is -2.36. The Morgan fingerprint density at radius 1 is 1.25 bits per heavy atom. The van der Waals surface area contributed by atoms with Crippen LogP contribution in [0.2, 0.25) is 0 Å². The van der Waals surface area contributed by atoms with Crippen LogP contribution >= 0.6 is 23.1 Å². The fourth-order valence-electron chi connectivity index (χ4n) is 2.10. The molecule has 0 saturated carbocycles. The molecule has 9 heteroatoms. The third-order valence-electron chi connectivity index (χ3n) is 3.08. The SMILES string of the molecule is NC(=O)NC(=O)CSc1nc2sccc2c(=O)n1-c1ccccc1. The number of amides is 3. The zero-order valence-corrected chi connectivity index (χ0v) is 13.9. The van der Waals surface area contributed by atoms with Gasteiger partial charge in [-0.15, -0.1) is 11.3 Å². The molecule has 0 radical (unpaired) electrons. The maximum Gasteiger partial charge on any atom is 0.318 e. The lowest BCUT2D eigenvalue weighted by Gasteiger charge is -2.11. The monoisotopic (exact) mass is 360 g/mol. The van der Waals surface area contributed by atoms with Gasteiger partial charge in [0.1, 0.15) is 4.83 Å². The summed E-state index contributed by atoms with van der Waals surface area (Å²) in [4.78, 5) is 40.2. The minimum absolute atomic E-state index is 0.0842. The topological polar surface area (TPSA) is 107 Å². The highest BCUT2D eigenvalue weighted by Gasteiger charge is 2.15. The van der Waals surface area contributed by atoms with Gasteiger partial charge in [-0.05, 0) is 23.6 Å². The van der Waals surface area contributed by atoms with Gasteiger partial charge in [0.2, 0.25) is 5.91 Å². The number of carbonyl (C=O) groups is 2. The number of hydrogen-bond donors (Lipinski definition) is 2. The molecule has 3 aromatic rings. The lowest BCUT2D eigenvalue weighted by molar-refractivity contribution is -0.117. The van der Waals surface area contributed by atoms with Crippen LogP contribution in [0.15, 0.2) is 51.7 Å². The van der Waals surface area contributed by atoms with Crippen molar-refractivity contribution >= 4 is 45.3 Å². The Kier molecular flexibility index (Phi) is 4.63. The number of carbonyl (C=O) groups excluding carboxylic acids is 2. The Morgan fingerprint density at radius 2 is 2.00 bits per heavy atom. The van der Waals surface area contributed by atoms with Gasteiger partial charge in [0.25, 0.3) is 5.56 Å². The number of thioether (sulfide) groups is 1. The first-order valence-corrected chi connectivity index (χ1v) is 8.70. The van der Waals surface area contributed by atoms with Gasteiger partial charge in [0, 0.05) is 0 Å². The fourth-order valence-corrected chi connectivity index (χ4v) is 3.72. The van der Waals surface area contributed by atoms with E-state index in [0.717, 1.165) is 11.8 Å². The van der Waals surface area contributed by atoms with E-state index in [1.807, 2.05) is 23.5 Å². The van der Waals surface area contributed by atoms with Gasteiger partial charge < -0.3 is 5.73 Å². The van der Waals surface area contributed by atoms with Crippen LogP contribution in [0.3, 0.4) is 0 Å². The van der Waals surface area contributed by atoms with E-state index in [1.165, 1.54) is 15.9 Å². The number of imide groups is 1. The van der Waals surface area contributed by atoms with Crippen LogP contribution in [-0.4, -0.2) is 27.2 Å². The predicted molar refractivity (Wildman–Crippen MR) is 93.7 cm³/mol. The molecule has 2 heterocycles. The summed E-state index contributed by atoms with van der Waals surface area (Å²) in [5.41, 5.74) is 5.37. The predicted octanol–water partition coefficient (Wildman–Crippen LogP) is 1.73. The molecule has 0 aliphatic rings. The molecule has 0 unspecified atom stereocenters. The third-order valence-corrected chi connectivity index (χ3v) is 4.82. The van der Waals surface area contributed by atoms with Crippen molar-refractivity contribution in [3.05, 3.63) is 52.1 Å². The number of thiophene rings is 1. The van der Waals surface area contributed by atoms with Crippen LogP contribution in [0.5, 0.6) is 0 Å². The van der Waals surface area contributed by atoms with Crippen molar-refractivity contribution in [2.45, 2.75) is 5.16 Å². The second kappa shape index (κ2) is 6.85. The maximum atomic E-state index is 12.8. The van der Waals surface area contributed by atoms with E-state index >= 15 is 0 Å². The summed E-state index contributed by atoms with van der Waals surface area (Å²) in [6.45, 7) is 0. The van der Waals surface area contributed by atoms with Gasteiger partial charge in [-0.2, -0.15) is 0 Å². The first kappa shape index (κ1) is 16.2. The van der Waals surface area contributed by atoms with Crippen LogP contribution in [0.4, 0.5) is 4.79 Å². The summed E-state index contributed by atoms with van der Waals surface area (Å²) in [7, 11) is 0. The highest BCUT2D eigenvalue weighted by Crippen LogP contribution is 2.23. The summed E-state index contributed by atoms with van der Waals surface area (Å²) < 4.78 is 1.46. The zero-order valence-electron chi connectivity index (χ0n) is 12.3. The van der Waals surface area contributed by atoms with Crippen LogP contribution in [0.25, 0.3) is 15.9 Å². The smallest absolute Gasteiger partial charge is 0.318 e. The summed E-state index contributed by atoms with van der Waals surface area (Å²) in [6, 6.07) is 9.86. The third kappa shape index (κ3) is 3.31. The van der Waals surface area contributed by atoms with Gasteiger partial charge in [0.15, 0.2) is 5.16 Å². The maximum absolute atomic E-state index is 12.8. The van der Waals surface area contributed by atoms with Gasteiger partial charge in [0.05, 0.1) is 16.8 Å². The van der Waals surface area contributed by atoms with Crippen molar-refractivity contribution in [3.63, 3.8) is 0 Å². The first-order valence-electron chi connectivity index (χ1n) is 6.84. The van der Waals surface area contributed by atoms with Gasteiger partial charge >= 0.3 is 6.03 Å². The Bertz CT molecular complexity index is 966. The van der Waals surface area contributed by atoms with E-state index in [-0.39, 0.29) is 11.3 Å². The number of benzene rings is 1. The highest BCUT2D eigenvalue weighted by atomic mass is 32.2. The molecule has 1 aromatic carbocycles. The molecule has 7 nitrogen and oxygen atoms in total. The molecule has 3 rings (SSSR count). The molecule has 2 aromatic heterocycles. The minimum atomic E-state index is -0.914. The average molecular weight is 360 g/mol. The van der Waals surface area contributed by atoms with Gasteiger partial charge in [-0.25, -0.2) is 9.78 Å². The number of nitrogens with two attached hydrogens (primary N) is 1. The number of fused-ring (bicyclic) bond motifs is 1. The second-order valence-electron chi connectivity index (χ2n) is 4.71. The Morgan fingerprint density at radius 3 is 2.71 bits per heavy atom. The van der Waals surface area contributed by atoms with Crippen molar-refractivity contribution in [1.29, 1.82) is 0 Å². The quantitative estimate of drug-likeness (QED) is 0.544. The van der Waals surface area contributed by atoms with Crippen LogP contribution in [-0.2, 0) is 4.79 Å². The van der Waals surface area contributed by atoms with E-state index in [4.69, 9.17) is 5.73 Å². The van der Waals surface area contributed by atoms with E-state index in [9.17, 15) is 14.4 Å². The molecule has 0 aliphatic heterocycles. The van der Waals surface area contributed by atoms with Crippen molar-refractivity contribution in [1.82, 2.24) is 14.9 Å². The van der Waals surface area contributed by atoms with Crippen LogP contribution in [0.1, 0.15) is 0 Å². The van der Waals surface area contributed by atoms with Crippen LogP contribution in [0, 0.1) is 0 Å². The van der Waals surface area contributed by atoms with Gasteiger partial charge in [-0.1, -0.05) is 30.0 Å². The molecule has 24 heavy (non-hydrogen) atoms. The van der Waals surface area contributed by atoms with Gasteiger partial charge in [-0.3, -0.25) is 19.5 Å². The molecule has 0 fully saturated rings. The Balaban J connectivity index is 2.04. The molecule has 0 saturated heterocycles. The van der Waals surface area contributed by atoms with Crippen molar-refractivity contribution < 1.29 is 9.59 Å². The molecular weight excluding hydrogens is 348 g/mol. The van der Waals surface area contributed by atoms with Crippen molar-refractivity contribution in [3.8, 4) is 5.69 Å². The number of urea groups is 1. The second-order valence-corrected chi connectivity index (χ2v) is 6.55. The Labute approximate surface area is 144 Å². The van der Waals surface area contributed by atoms with Crippen molar-refractivity contribution in [2.75, 3.05) is 5.75 Å². The van der Waals surface area contributed by atoms with Crippen molar-refractivity contribution in [2.24, 2.45) is 5.73 Å². The largest absolute Gasteiger partial charge is 0.351 e. The summed E-state index contributed by atoms with van der Waals surface area (Å²) in [5, 5.41) is 4.68. The fraction of sp³-hybridized carbons (Fsp3) is 0.0667. The molecule has 122 valence electrons. The first-order chi connectivity index (χ1) is 11.6. The van der Waals surface area contributed by atoms with E-state index in [0.29, 0.717) is 21.1 Å². The van der Waals surface area contributed by atoms with E-state index in [1.54, 1.807) is 23.6 Å². The average Bonchev–Trinajstić information content (AvgIpc) is 3.02. The normalized spacial score (nSPS) is 10.7. The van der Waals surface area contributed by atoms with E-state index < -0.39 is 11.9 Å². The molecule has 3 amide bonds. The minimum Gasteiger partial charge on any atom is -0.351 e. The molecule has 0 atom stereocenters. The Hall–Kier alpha value is -2.65. The highest BCUT2D eigenvalue weighted by molar-refractivity contribution is 7.99. The summed E-state index contributed by atoms with van der Waals surface area (Å²) >= 11 is 2.42. The zero-order chi connectivity index (χ0) is 17.1. The molecule has 0 aliphatic carbocycles. The standard InChI is InChI=1S/C15H12N4O3S2/c16-14(22)17-11(20)8-24-15-18-12-10(6-7-23-12)13(21)19(15)9-4-2-1-3-5-9/h1-7H,8H2,(H3,16,17,20,22). The number of rotatable bonds is 4. The molecule has 0 bridgehead atoms. The molecule has 3 N–H and O–H groups in total. The number of primary amides is 1. The number of hydrogen-bond acceptors (Lipinski definition) is 6. The number of nitrogens with one attached hydrogen (secondary N) is 1. The lowest BCUT2D eigenvalue weighted by atomic mass is 10.3. The number of aromatic nitrogens is 2. The molecule has 0 spiro atoms. The number of para-hydroxylation sites is 1. The molecular formula is C15H12N4O3S2. The van der Waals surface area contributed by atoms with E-state index in [2.05, 4.69) is 4.98 Å². The summed E-state index contributed by atoms with van der Waals surface area (Å²) in [5.74, 6) is -0.633. The number of nitrogens with zero attached hydrogens (tertiary/aromatic N) is 2. The summed E-state index contributed by atoms with van der Waals surface area (Å²) in [6.07, 6.45) is 0. The van der Waals surface area contributed by atoms with Crippen LogP contribution < -0.4 is 16.6 Å².